The second kappa shape index (κ2) is 7.51. The number of halogens is 1. The lowest BCUT2D eigenvalue weighted by Gasteiger charge is -2.07. The van der Waals surface area contributed by atoms with Gasteiger partial charge in [-0.2, -0.15) is 0 Å². The molecule has 26 heavy (non-hydrogen) atoms. The lowest BCUT2D eigenvalue weighted by molar-refractivity contribution is -0.384. The molecular weight excluding hydrogens is 376 g/mol. The Labute approximate surface area is 157 Å². The molecule has 3 aromatic rings. The van der Waals surface area contributed by atoms with Gasteiger partial charge in [-0.1, -0.05) is 23.7 Å². The fourth-order valence-corrected chi connectivity index (χ4v) is 3.39. The Hall–Kier alpha value is -2.97. The molecule has 0 radical (unpaired) electrons. The van der Waals surface area contributed by atoms with Crippen LogP contribution in [0.5, 0.6) is 0 Å². The van der Waals surface area contributed by atoms with Crippen molar-refractivity contribution in [1.82, 2.24) is 4.98 Å². The smallest absolute Gasteiger partial charge is 0.269 e. The monoisotopic (exact) mass is 388 g/mol. The average molecular weight is 389 g/mol. The summed E-state index contributed by atoms with van der Waals surface area (Å²) in [5.41, 5.74) is 7.49. The lowest BCUT2D eigenvalue weighted by Crippen LogP contribution is -2.14. The van der Waals surface area contributed by atoms with Gasteiger partial charge in [0.1, 0.15) is 0 Å². The number of benzene rings is 2. The highest BCUT2D eigenvalue weighted by atomic mass is 35.5. The number of nitro groups is 1. The fraction of sp³-hybridized carbons (Fsp3) is 0.0588. The number of nitro benzene ring substituents is 1. The molecule has 9 heteroatoms. The zero-order valence-corrected chi connectivity index (χ0v) is 14.9. The Kier molecular flexibility index (Phi) is 5.15. The molecular formula is C17H13ClN4O3S. The van der Waals surface area contributed by atoms with Crippen molar-refractivity contribution in [3.63, 3.8) is 0 Å². The quantitative estimate of drug-likeness (QED) is 0.504. The van der Waals surface area contributed by atoms with Gasteiger partial charge in [-0.15, -0.1) is 11.3 Å². The van der Waals surface area contributed by atoms with Gasteiger partial charge in [0.2, 0.25) is 5.91 Å². The lowest BCUT2D eigenvalue weighted by atomic mass is 10.1. The molecule has 1 heterocycles. The maximum atomic E-state index is 12.3. The molecule has 7 nitrogen and oxygen atoms in total. The van der Waals surface area contributed by atoms with E-state index >= 15 is 0 Å². The number of hydrogen-bond acceptors (Lipinski definition) is 6. The van der Waals surface area contributed by atoms with Crippen LogP contribution in [0.25, 0.3) is 11.3 Å². The van der Waals surface area contributed by atoms with Crippen LogP contribution in [0.1, 0.15) is 4.88 Å². The van der Waals surface area contributed by atoms with Crippen molar-refractivity contribution < 1.29 is 9.72 Å². The molecule has 0 aliphatic heterocycles. The summed E-state index contributed by atoms with van der Waals surface area (Å²) in [6.45, 7) is 0. The van der Waals surface area contributed by atoms with Crippen molar-refractivity contribution in [1.29, 1.82) is 0 Å². The number of aromatic nitrogens is 1. The molecule has 2 aromatic carbocycles. The minimum atomic E-state index is -0.475. The SMILES string of the molecule is Nc1nc(-c2ccc([N+](=O)[O-])cc2)c(CC(=O)Nc2ccccc2Cl)s1. The molecule has 132 valence electrons. The number of rotatable bonds is 5. The van der Waals surface area contributed by atoms with E-state index in [1.807, 2.05) is 0 Å². The number of nitrogens with two attached hydrogens (primary N) is 1. The molecule has 0 fully saturated rings. The fourth-order valence-electron chi connectivity index (χ4n) is 2.36. The summed E-state index contributed by atoms with van der Waals surface area (Å²) < 4.78 is 0. The van der Waals surface area contributed by atoms with Crippen LogP contribution >= 0.6 is 22.9 Å². The number of non-ortho nitro benzene ring substituents is 1. The second-order valence-electron chi connectivity index (χ2n) is 5.33. The summed E-state index contributed by atoms with van der Waals surface area (Å²) in [4.78, 5) is 27.6. The van der Waals surface area contributed by atoms with Gasteiger partial charge in [0.05, 0.1) is 27.7 Å². The van der Waals surface area contributed by atoms with E-state index in [0.717, 1.165) is 0 Å². The molecule has 0 saturated heterocycles. The first-order valence-corrected chi connectivity index (χ1v) is 8.68. The third-order valence-electron chi connectivity index (χ3n) is 3.53. The number of para-hydroxylation sites is 1. The van der Waals surface area contributed by atoms with Gasteiger partial charge in [0.15, 0.2) is 5.13 Å². The molecule has 0 saturated carbocycles. The Morgan fingerprint density at radius 1 is 1.23 bits per heavy atom. The first-order chi connectivity index (χ1) is 12.4. The van der Waals surface area contributed by atoms with Gasteiger partial charge in [0, 0.05) is 22.6 Å². The molecule has 3 N–H and O–H groups in total. The maximum absolute atomic E-state index is 12.3. The summed E-state index contributed by atoms with van der Waals surface area (Å²) in [7, 11) is 0. The minimum absolute atomic E-state index is 0.0186. The van der Waals surface area contributed by atoms with E-state index in [9.17, 15) is 14.9 Å². The van der Waals surface area contributed by atoms with E-state index < -0.39 is 4.92 Å². The topological polar surface area (TPSA) is 111 Å². The second-order valence-corrected chi connectivity index (χ2v) is 6.86. The number of nitrogen functional groups attached to an aromatic ring is 1. The number of carbonyl (C=O) groups excluding carboxylic acids is 1. The highest BCUT2D eigenvalue weighted by Gasteiger charge is 2.17. The molecule has 0 spiro atoms. The van der Waals surface area contributed by atoms with Crippen molar-refractivity contribution in [2.24, 2.45) is 0 Å². The van der Waals surface area contributed by atoms with Gasteiger partial charge in [-0.05, 0) is 24.3 Å². The first kappa shape index (κ1) is 17.8. The average Bonchev–Trinajstić information content (AvgIpc) is 2.97. The van der Waals surface area contributed by atoms with Crippen LogP contribution < -0.4 is 11.1 Å². The van der Waals surface area contributed by atoms with E-state index in [2.05, 4.69) is 10.3 Å². The highest BCUT2D eigenvalue weighted by molar-refractivity contribution is 7.15. The molecule has 0 unspecified atom stereocenters. The molecule has 1 amide bonds. The van der Waals surface area contributed by atoms with E-state index in [-0.39, 0.29) is 18.0 Å². The minimum Gasteiger partial charge on any atom is -0.375 e. The number of amides is 1. The van der Waals surface area contributed by atoms with Crippen LogP contribution in [-0.2, 0) is 11.2 Å². The van der Waals surface area contributed by atoms with Gasteiger partial charge < -0.3 is 11.1 Å². The van der Waals surface area contributed by atoms with E-state index in [0.29, 0.717) is 32.0 Å². The van der Waals surface area contributed by atoms with Crippen molar-refractivity contribution >= 4 is 45.4 Å². The van der Waals surface area contributed by atoms with Crippen molar-refractivity contribution in [2.75, 3.05) is 11.1 Å². The predicted molar refractivity (Wildman–Crippen MR) is 102 cm³/mol. The van der Waals surface area contributed by atoms with E-state index in [4.69, 9.17) is 17.3 Å². The van der Waals surface area contributed by atoms with Gasteiger partial charge in [-0.25, -0.2) is 4.98 Å². The Bertz CT molecular complexity index is 972. The Balaban J connectivity index is 1.82. The van der Waals surface area contributed by atoms with Crippen molar-refractivity contribution in [3.05, 3.63) is 68.5 Å². The zero-order chi connectivity index (χ0) is 18.7. The van der Waals surface area contributed by atoms with Crippen LogP contribution in [0.15, 0.2) is 48.5 Å². The zero-order valence-electron chi connectivity index (χ0n) is 13.3. The molecule has 1 aromatic heterocycles. The summed E-state index contributed by atoms with van der Waals surface area (Å²) in [6.07, 6.45) is 0.0619. The van der Waals surface area contributed by atoms with Gasteiger partial charge in [0.25, 0.3) is 5.69 Å². The molecule has 0 aliphatic carbocycles. The van der Waals surface area contributed by atoms with E-state index in [1.165, 1.54) is 23.5 Å². The number of carbonyl (C=O) groups is 1. The van der Waals surface area contributed by atoms with Crippen LogP contribution in [-0.4, -0.2) is 15.8 Å². The summed E-state index contributed by atoms with van der Waals surface area (Å²) in [5, 5.41) is 14.3. The molecule has 0 aliphatic rings. The number of hydrogen-bond donors (Lipinski definition) is 2. The molecule has 0 bridgehead atoms. The first-order valence-electron chi connectivity index (χ1n) is 7.48. The highest BCUT2D eigenvalue weighted by Crippen LogP contribution is 2.31. The maximum Gasteiger partial charge on any atom is 0.269 e. The van der Waals surface area contributed by atoms with Gasteiger partial charge >= 0.3 is 0 Å². The predicted octanol–water partition coefficient (Wildman–Crippen LogP) is 4.14. The van der Waals surface area contributed by atoms with Crippen LogP contribution in [0.2, 0.25) is 5.02 Å². The van der Waals surface area contributed by atoms with Crippen molar-refractivity contribution in [3.8, 4) is 11.3 Å². The number of nitrogens with zero attached hydrogens (tertiary/aromatic N) is 2. The molecule has 0 atom stereocenters. The summed E-state index contributed by atoms with van der Waals surface area (Å²) >= 11 is 7.25. The van der Waals surface area contributed by atoms with Crippen LogP contribution in [0.3, 0.4) is 0 Å². The van der Waals surface area contributed by atoms with Crippen LogP contribution in [0, 0.1) is 10.1 Å². The number of thiazole rings is 1. The standard InChI is InChI=1S/C17H13ClN4O3S/c18-12-3-1-2-4-13(12)20-15(23)9-14-16(21-17(19)26-14)10-5-7-11(8-6-10)22(24)25/h1-8H,9H2,(H2,19,21)(H,20,23). The van der Waals surface area contributed by atoms with Crippen molar-refractivity contribution in [2.45, 2.75) is 6.42 Å². The largest absolute Gasteiger partial charge is 0.375 e. The third kappa shape index (κ3) is 3.98. The summed E-state index contributed by atoms with van der Waals surface area (Å²) in [5.74, 6) is -0.259. The van der Waals surface area contributed by atoms with Gasteiger partial charge in [-0.3, -0.25) is 14.9 Å². The normalized spacial score (nSPS) is 10.5. The Morgan fingerprint density at radius 3 is 2.58 bits per heavy atom. The number of nitrogens with one attached hydrogen (secondary N) is 1. The Morgan fingerprint density at radius 2 is 1.92 bits per heavy atom. The summed E-state index contributed by atoms with van der Waals surface area (Å²) in [6, 6.07) is 12.9. The third-order valence-corrected chi connectivity index (χ3v) is 4.75. The van der Waals surface area contributed by atoms with Crippen LogP contribution in [0.4, 0.5) is 16.5 Å². The van der Waals surface area contributed by atoms with E-state index in [1.54, 1.807) is 36.4 Å². The molecule has 3 rings (SSSR count). The number of anilines is 2.